The number of nitrogens with two attached hydrogens (primary N) is 1. The molecule has 0 saturated carbocycles. The van der Waals surface area contributed by atoms with Gasteiger partial charge in [-0.15, -0.1) is 0 Å². The van der Waals surface area contributed by atoms with Crippen LogP contribution in [0.2, 0.25) is 0 Å². The number of amides is 1. The van der Waals surface area contributed by atoms with Gasteiger partial charge in [-0.05, 0) is 24.1 Å². The Hall–Kier alpha value is -1.58. The van der Waals surface area contributed by atoms with Gasteiger partial charge in [-0.2, -0.15) is 0 Å². The van der Waals surface area contributed by atoms with Gasteiger partial charge in [-0.3, -0.25) is 4.79 Å². The lowest BCUT2D eigenvalue weighted by Gasteiger charge is -2.07. The van der Waals surface area contributed by atoms with Crippen molar-refractivity contribution in [1.82, 2.24) is 0 Å². The molecule has 0 saturated heterocycles. The molecule has 0 unspecified atom stereocenters. The Morgan fingerprint density at radius 3 is 2.64 bits per heavy atom. The molecule has 0 fully saturated rings. The fourth-order valence-corrected chi connectivity index (χ4v) is 1.19. The highest BCUT2D eigenvalue weighted by Crippen LogP contribution is 2.22. The van der Waals surface area contributed by atoms with Gasteiger partial charge in [0.25, 0.3) is 5.91 Å². The number of methoxy groups -OCH3 is 1. The molecular formula is C10H12FNO2. The van der Waals surface area contributed by atoms with E-state index in [1.165, 1.54) is 13.2 Å². The maximum atomic E-state index is 13.4. The van der Waals surface area contributed by atoms with Gasteiger partial charge in [0.05, 0.1) is 12.7 Å². The Kier molecular flexibility index (Phi) is 3.06. The molecule has 0 bridgehead atoms. The van der Waals surface area contributed by atoms with Gasteiger partial charge in [0.2, 0.25) is 0 Å². The molecule has 3 nitrogen and oxygen atoms in total. The van der Waals surface area contributed by atoms with Gasteiger partial charge in [-0.1, -0.05) is 6.92 Å². The van der Waals surface area contributed by atoms with Crippen molar-refractivity contribution in [2.24, 2.45) is 5.73 Å². The maximum absolute atomic E-state index is 13.4. The third-order valence-corrected chi connectivity index (χ3v) is 1.99. The third kappa shape index (κ3) is 1.84. The number of ether oxygens (including phenoxy) is 1. The Bertz CT molecular complexity index is 363. The van der Waals surface area contributed by atoms with E-state index in [2.05, 4.69) is 0 Å². The van der Waals surface area contributed by atoms with Gasteiger partial charge in [0.1, 0.15) is 0 Å². The van der Waals surface area contributed by atoms with Crippen molar-refractivity contribution < 1.29 is 13.9 Å². The SMILES string of the molecule is CCc1cc(OC)c(F)c(C(N)=O)c1. The second-order valence-corrected chi connectivity index (χ2v) is 2.88. The molecule has 1 aromatic carbocycles. The zero-order valence-electron chi connectivity index (χ0n) is 8.13. The lowest BCUT2D eigenvalue weighted by molar-refractivity contribution is 0.0995. The average Bonchev–Trinajstić information content (AvgIpc) is 2.17. The van der Waals surface area contributed by atoms with Crippen LogP contribution in [0.15, 0.2) is 12.1 Å². The summed E-state index contributed by atoms with van der Waals surface area (Å²) in [5.74, 6) is -1.42. The highest BCUT2D eigenvalue weighted by molar-refractivity contribution is 5.93. The molecule has 1 amide bonds. The van der Waals surface area contributed by atoms with E-state index in [9.17, 15) is 9.18 Å². The third-order valence-electron chi connectivity index (χ3n) is 1.99. The summed E-state index contributed by atoms with van der Waals surface area (Å²) in [5, 5.41) is 0. The molecule has 2 N–H and O–H groups in total. The Labute approximate surface area is 81.7 Å². The monoisotopic (exact) mass is 197 g/mol. The molecule has 0 aliphatic heterocycles. The molecule has 0 atom stereocenters. The summed E-state index contributed by atoms with van der Waals surface area (Å²) in [5.41, 5.74) is 5.72. The zero-order chi connectivity index (χ0) is 10.7. The van der Waals surface area contributed by atoms with E-state index in [1.807, 2.05) is 6.92 Å². The fraction of sp³-hybridized carbons (Fsp3) is 0.300. The second kappa shape index (κ2) is 4.09. The number of carbonyl (C=O) groups is 1. The first-order chi connectivity index (χ1) is 6.60. The molecule has 0 aliphatic rings. The maximum Gasteiger partial charge on any atom is 0.251 e. The molecule has 1 rings (SSSR count). The molecule has 0 aromatic heterocycles. The van der Waals surface area contributed by atoms with E-state index in [1.54, 1.807) is 6.07 Å². The van der Waals surface area contributed by atoms with Crippen molar-refractivity contribution in [1.29, 1.82) is 0 Å². The van der Waals surface area contributed by atoms with E-state index >= 15 is 0 Å². The second-order valence-electron chi connectivity index (χ2n) is 2.88. The molecule has 0 heterocycles. The number of rotatable bonds is 3. The zero-order valence-corrected chi connectivity index (χ0v) is 8.13. The van der Waals surface area contributed by atoms with E-state index in [-0.39, 0.29) is 11.3 Å². The number of aryl methyl sites for hydroxylation is 1. The number of halogens is 1. The minimum Gasteiger partial charge on any atom is -0.494 e. The van der Waals surface area contributed by atoms with Crippen LogP contribution in [0, 0.1) is 5.82 Å². The van der Waals surface area contributed by atoms with Gasteiger partial charge in [-0.25, -0.2) is 4.39 Å². The molecule has 1 aromatic rings. The molecule has 76 valence electrons. The number of hydrogen-bond donors (Lipinski definition) is 1. The van der Waals surface area contributed by atoms with Crippen LogP contribution in [-0.4, -0.2) is 13.0 Å². The smallest absolute Gasteiger partial charge is 0.251 e. The number of benzene rings is 1. The molecule has 14 heavy (non-hydrogen) atoms. The summed E-state index contributed by atoms with van der Waals surface area (Å²) >= 11 is 0. The predicted octanol–water partition coefficient (Wildman–Crippen LogP) is 1.50. The largest absolute Gasteiger partial charge is 0.494 e. The number of primary amides is 1. The van der Waals surface area contributed by atoms with Crippen LogP contribution >= 0.6 is 0 Å². The highest BCUT2D eigenvalue weighted by atomic mass is 19.1. The molecule has 0 aliphatic carbocycles. The minimum absolute atomic E-state index is 0.0538. The van der Waals surface area contributed by atoms with Crippen LogP contribution < -0.4 is 10.5 Å². The summed E-state index contributed by atoms with van der Waals surface area (Å²) in [4.78, 5) is 10.9. The first-order valence-electron chi connectivity index (χ1n) is 4.26. The molecule has 4 heteroatoms. The topological polar surface area (TPSA) is 52.3 Å². The van der Waals surface area contributed by atoms with Crippen molar-refractivity contribution in [2.75, 3.05) is 7.11 Å². The minimum atomic E-state index is -0.781. The van der Waals surface area contributed by atoms with Crippen LogP contribution in [0.5, 0.6) is 5.75 Å². The van der Waals surface area contributed by atoms with Crippen molar-refractivity contribution in [3.63, 3.8) is 0 Å². The average molecular weight is 197 g/mol. The van der Waals surface area contributed by atoms with Crippen molar-refractivity contribution >= 4 is 5.91 Å². The first kappa shape index (κ1) is 10.5. The first-order valence-corrected chi connectivity index (χ1v) is 4.26. The van der Waals surface area contributed by atoms with E-state index < -0.39 is 11.7 Å². The van der Waals surface area contributed by atoms with Gasteiger partial charge >= 0.3 is 0 Å². The van der Waals surface area contributed by atoms with Gasteiger partial charge < -0.3 is 10.5 Å². The van der Waals surface area contributed by atoms with Crippen molar-refractivity contribution in [3.05, 3.63) is 29.1 Å². The van der Waals surface area contributed by atoms with Crippen LogP contribution in [0.4, 0.5) is 4.39 Å². The van der Waals surface area contributed by atoms with E-state index in [4.69, 9.17) is 10.5 Å². The van der Waals surface area contributed by atoms with Crippen LogP contribution in [0.25, 0.3) is 0 Å². The summed E-state index contributed by atoms with van der Waals surface area (Å²) in [7, 11) is 1.35. The standard InChI is InChI=1S/C10H12FNO2/c1-3-6-4-7(10(12)13)9(11)8(5-6)14-2/h4-5H,3H2,1-2H3,(H2,12,13). The molecule has 0 radical (unpaired) electrons. The fourth-order valence-electron chi connectivity index (χ4n) is 1.19. The van der Waals surface area contributed by atoms with Crippen molar-refractivity contribution in [2.45, 2.75) is 13.3 Å². The quantitative estimate of drug-likeness (QED) is 0.798. The lowest BCUT2D eigenvalue weighted by Crippen LogP contribution is -2.14. The Morgan fingerprint density at radius 1 is 1.57 bits per heavy atom. The number of hydrogen-bond acceptors (Lipinski definition) is 2. The Morgan fingerprint density at radius 2 is 2.21 bits per heavy atom. The van der Waals surface area contributed by atoms with Crippen LogP contribution in [0.1, 0.15) is 22.8 Å². The summed E-state index contributed by atoms with van der Waals surface area (Å²) in [6.07, 6.45) is 0.691. The summed E-state index contributed by atoms with van der Waals surface area (Å²) < 4.78 is 18.2. The molecular weight excluding hydrogens is 185 g/mol. The molecule has 0 spiro atoms. The van der Waals surface area contributed by atoms with Crippen LogP contribution in [0.3, 0.4) is 0 Å². The lowest BCUT2D eigenvalue weighted by atomic mass is 10.1. The van der Waals surface area contributed by atoms with E-state index in [0.29, 0.717) is 6.42 Å². The van der Waals surface area contributed by atoms with E-state index in [0.717, 1.165) is 5.56 Å². The van der Waals surface area contributed by atoms with Gasteiger partial charge in [0, 0.05) is 0 Å². The van der Waals surface area contributed by atoms with Crippen molar-refractivity contribution in [3.8, 4) is 5.75 Å². The highest BCUT2D eigenvalue weighted by Gasteiger charge is 2.14. The number of carbonyl (C=O) groups excluding carboxylic acids is 1. The predicted molar refractivity (Wildman–Crippen MR) is 50.8 cm³/mol. The Balaban J connectivity index is 3.34. The normalized spacial score (nSPS) is 9.93. The summed E-state index contributed by atoms with van der Waals surface area (Å²) in [6, 6.07) is 3.00. The van der Waals surface area contributed by atoms with Gasteiger partial charge in [0.15, 0.2) is 11.6 Å². The van der Waals surface area contributed by atoms with Crippen LogP contribution in [-0.2, 0) is 6.42 Å². The summed E-state index contributed by atoms with van der Waals surface area (Å²) in [6.45, 7) is 1.90.